The standard InChI is InChI=1S/C13H17N3O/c1-13(2,3)7-4-5-8-9(6-7)16-11(14)10(8)12(15)17/h4-6,16H,14H2,1-3H3,(H2,15,17). The molecule has 1 aromatic heterocycles. The zero-order valence-electron chi connectivity index (χ0n) is 10.3. The maximum atomic E-state index is 11.3. The molecule has 0 bridgehead atoms. The normalized spacial score (nSPS) is 11.9. The monoisotopic (exact) mass is 231 g/mol. The Kier molecular flexibility index (Phi) is 2.38. The number of nitrogens with two attached hydrogens (primary N) is 2. The smallest absolute Gasteiger partial charge is 0.253 e. The van der Waals surface area contributed by atoms with Crippen molar-refractivity contribution in [2.75, 3.05) is 5.73 Å². The molecule has 0 unspecified atom stereocenters. The van der Waals surface area contributed by atoms with Crippen molar-refractivity contribution < 1.29 is 4.79 Å². The molecule has 0 fully saturated rings. The van der Waals surface area contributed by atoms with Crippen molar-refractivity contribution in [2.45, 2.75) is 26.2 Å². The highest BCUT2D eigenvalue weighted by molar-refractivity contribution is 6.10. The Morgan fingerprint density at radius 2 is 1.94 bits per heavy atom. The molecule has 0 aliphatic carbocycles. The molecule has 1 aromatic carbocycles. The van der Waals surface area contributed by atoms with Crippen molar-refractivity contribution in [3.05, 3.63) is 29.3 Å². The van der Waals surface area contributed by atoms with Gasteiger partial charge in [-0.25, -0.2) is 0 Å². The summed E-state index contributed by atoms with van der Waals surface area (Å²) in [5.41, 5.74) is 13.5. The molecule has 4 heteroatoms. The topological polar surface area (TPSA) is 84.9 Å². The molecule has 0 atom stereocenters. The number of rotatable bonds is 1. The highest BCUT2D eigenvalue weighted by Gasteiger charge is 2.18. The molecule has 1 amide bonds. The van der Waals surface area contributed by atoms with Crippen molar-refractivity contribution in [3.63, 3.8) is 0 Å². The summed E-state index contributed by atoms with van der Waals surface area (Å²) in [4.78, 5) is 14.3. The molecule has 0 aliphatic rings. The number of H-pyrrole nitrogens is 1. The van der Waals surface area contributed by atoms with E-state index in [1.807, 2.05) is 18.2 Å². The lowest BCUT2D eigenvalue weighted by Gasteiger charge is -2.18. The molecule has 17 heavy (non-hydrogen) atoms. The van der Waals surface area contributed by atoms with Crippen LogP contribution >= 0.6 is 0 Å². The Hall–Kier alpha value is -1.97. The number of hydrogen-bond acceptors (Lipinski definition) is 2. The van der Waals surface area contributed by atoms with E-state index >= 15 is 0 Å². The molecular formula is C13H17N3O. The molecule has 1 heterocycles. The molecule has 0 radical (unpaired) electrons. The minimum atomic E-state index is -0.503. The summed E-state index contributed by atoms with van der Waals surface area (Å²) in [6.45, 7) is 6.40. The fraction of sp³-hybridized carbons (Fsp3) is 0.308. The number of hydrogen-bond donors (Lipinski definition) is 3. The predicted octanol–water partition coefficient (Wildman–Crippen LogP) is 2.15. The number of fused-ring (bicyclic) bond motifs is 1. The Bertz CT molecular complexity index is 590. The Morgan fingerprint density at radius 3 is 2.47 bits per heavy atom. The first-order valence-electron chi connectivity index (χ1n) is 5.52. The summed E-state index contributed by atoms with van der Waals surface area (Å²) < 4.78 is 0. The van der Waals surface area contributed by atoms with Crippen LogP contribution in [0.5, 0.6) is 0 Å². The van der Waals surface area contributed by atoms with Crippen molar-refractivity contribution >= 4 is 22.6 Å². The van der Waals surface area contributed by atoms with Gasteiger partial charge in [0.15, 0.2) is 0 Å². The highest BCUT2D eigenvalue weighted by atomic mass is 16.1. The fourth-order valence-electron chi connectivity index (χ4n) is 1.95. The number of nitrogens with one attached hydrogen (secondary N) is 1. The van der Waals surface area contributed by atoms with Crippen LogP contribution < -0.4 is 11.5 Å². The molecule has 2 aromatic rings. The van der Waals surface area contributed by atoms with E-state index < -0.39 is 5.91 Å². The third-order valence-corrected chi connectivity index (χ3v) is 2.94. The van der Waals surface area contributed by atoms with Crippen molar-refractivity contribution in [1.82, 2.24) is 4.98 Å². The number of carbonyl (C=O) groups excluding carboxylic acids is 1. The zero-order valence-corrected chi connectivity index (χ0v) is 10.3. The molecule has 4 nitrogen and oxygen atoms in total. The average Bonchev–Trinajstić information content (AvgIpc) is 2.50. The van der Waals surface area contributed by atoms with Crippen LogP contribution in [0.25, 0.3) is 10.9 Å². The second kappa shape index (κ2) is 3.52. The summed E-state index contributed by atoms with van der Waals surface area (Å²) in [7, 11) is 0. The fourth-order valence-corrected chi connectivity index (χ4v) is 1.95. The Balaban J connectivity index is 2.70. The molecule has 2 rings (SSSR count). The Labute approximate surface area is 100.0 Å². The SMILES string of the molecule is CC(C)(C)c1ccc2c(C(N)=O)c(N)[nH]c2c1. The number of benzene rings is 1. The van der Waals surface area contributed by atoms with Crippen molar-refractivity contribution in [2.24, 2.45) is 5.73 Å². The molecule has 5 N–H and O–H groups in total. The number of aromatic amines is 1. The van der Waals surface area contributed by atoms with Crippen LogP contribution in [0.15, 0.2) is 18.2 Å². The third-order valence-electron chi connectivity index (χ3n) is 2.94. The summed E-state index contributed by atoms with van der Waals surface area (Å²) in [6.07, 6.45) is 0. The van der Waals surface area contributed by atoms with Crippen LogP contribution in [-0.4, -0.2) is 10.9 Å². The van der Waals surface area contributed by atoms with Crippen molar-refractivity contribution in [1.29, 1.82) is 0 Å². The summed E-state index contributed by atoms with van der Waals surface area (Å²) in [6, 6.07) is 5.91. The number of amides is 1. The van der Waals surface area contributed by atoms with Gasteiger partial charge in [-0.1, -0.05) is 32.9 Å². The van der Waals surface area contributed by atoms with Crippen LogP contribution in [0.4, 0.5) is 5.82 Å². The van der Waals surface area contributed by atoms with Gasteiger partial charge < -0.3 is 16.5 Å². The van der Waals surface area contributed by atoms with E-state index in [1.54, 1.807) is 0 Å². The Morgan fingerprint density at radius 1 is 1.29 bits per heavy atom. The van der Waals surface area contributed by atoms with E-state index in [-0.39, 0.29) is 5.41 Å². The number of primary amides is 1. The zero-order chi connectivity index (χ0) is 12.8. The molecule has 0 spiro atoms. The lowest BCUT2D eigenvalue weighted by atomic mass is 9.86. The molecular weight excluding hydrogens is 214 g/mol. The second-order valence-electron chi connectivity index (χ2n) is 5.29. The van der Waals surface area contributed by atoms with Gasteiger partial charge in [-0.3, -0.25) is 4.79 Å². The van der Waals surface area contributed by atoms with Crippen LogP contribution in [0.3, 0.4) is 0 Å². The summed E-state index contributed by atoms with van der Waals surface area (Å²) >= 11 is 0. The van der Waals surface area contributed by atoms with Crippen LogP contribution in [-0.2, 0) is 5.41 Å². The molecule has 90 valence electrons. The van der Waals surface area contributed by atoms with Gasteiger partial charge in [-0.15, -0.1) is 0 Å². The first-order valence-corrected chi connectivity index (χ1v) is 5.52. The number of anilines is 1. The van der Waals surface area contributed by atoms with Gasteiger partial charge in [0.05, 0.1) is 5.56 Å². The first kappa shape index (κ1) is 11.5. The van der Waals surface area contributed by atoms with Gasteiger partial charge in [0.25, 0.3) is 5.91 Å². The van der Waals surface area contributed by atoms with Crippen molar-refractivity contribution in [3.8, 4) is 0 Å². The van der Waals surface area contributed by atoms with E-state index in [2.05, 4.69) is 25.8 Å². The van der Waals surface area contributed by atoms with Gasteiger partial charge in [0, 0.05) is 10.9 Å². The quantitative estimate of drug-likeness (QED) is 0.702. The molecule has 0 saturated heterocycles. The van der Waals surface area contributed by atoms with Gasteiger partial charge in [0.1, 0.15) is 5.82 Å². The maximum Gasteiger partial charge on any atom is 0.253 e. The average molecular weight is 231 g/mol. The van der Waals surface area contributed by atoms with Crippen LogP contribution in [0.2, 0.25) is 0 Å². The van der Waals surface area contributed by atoms with E-state index in [0.29, 0.717) is 11.4 Å². The highest BCUT2D eigenvalue weighted by Crippen LogP contribution is 2.29. The van der Waals surface area contributed by atoms with Gasteiger partial charge in [-0.2, -0.15) is 0 Å². The van der Waals surface area contributed by atoms with E-state index in [1.165, 1.54) is 5.56 Å². The number of nitrogen functional groups attached to an aromatic ring is 1. The lowest BCUT2D eigenvalue weighted by molar-refractivity contribution is 0.100. The van der Waals surface area contributed by atoms with Crippen LogP contribution in [0, 0.1) is 0 Å². The maximum absolute atomic E-state index is 11.3. The summed E-state index contributed by atoms with van der Waals surface area (Å²) in [5.74, 6) is -0.171. The van der Waals surface area contributed by atoms with Crippen LogP contribution in [0.1, 0.15) is 36.7 Å². The van der Waals surface area contributed by atoms with Gasteiger partial charge in [-0.05, 0) is 17.0 Å². The van der Waals surface area contributed by atoms with E-state index in [0.717, 1.165) is 10.9 Å². The molecule has 0 saturated carbocycles. The van der Waals surface area contributed by atoms with Gasteiger partial charge in [0.2, 0.25) is 0 Å². The predicted molar refractivity (Wildman–Crippen MR) is 69.9 cm³/mol. The summed E-state index contributed by atoms with van der Waals surface area (Å²) in [5, 5.41) is 0.781. The molecule has 0 aliphatic heterocycles. The number of aromatic nitrogens is 1. The van der Waals surface area contributed by atoms with E-state index in [9.17, 15) is 4.79 Å². The second-order valence-corrected chi connectivity index (χ2v) is 5.29. The minimum absolute atomic E-state index is 0.0565. The number of carbonyl (C=O) groups is 1. The van der Waals surface area contributed by atoms with E-state index in [4.69, 9.17) is 11.5 Å². The third kappa shape index (κ3) is 1.86. The largest absolute Gasteiger partial charge is 0.385 e. The minimum Gasteiger partial charge on any atom is -0.385 e. The van der Waals surface area contributed by atoms with Gasteiger partial charge >= 0.3 is 0 Å². The lowest BCUT2D eigenvalue weighted by Crippen LogP contribution is -2.12. The first-order chi connectivity index (χ1) is 7.80.